The highest BCUT2D eigenvalue weighted by atomic mass is 35.5. The van der Waals surface area contributed by atoms with E-state index in [1.54, 1.807) is 0 Å². The van der Waals surface area contributed by atoms with Crippen molar-refractivity contribution in [2.45, 2.75) is 24.7 Å². The van der Waals surface area contributed by atoms with Crippen molar-refractivity contribution >= 4 is 23.2 Å². The molecule has 1 aromatic carbocycles. The maximum Gasteiger partial charge on any atom is 0.224 e. The van der Waals surface area contributed by atoms with Crippen LogP contribution in [0.15, 0.2) is 18.2 Å². The van der Waals surface area contributed by atoms with Gasteiger partial charge in [0.2, 0.25) is 5.91 Å². The van der Waals surface area contributed by atoms with E-state index in [1.165, 1.54) is 11.1 Å². The first-order valence-electron chi connectivity index (χ1n) is 6.30. The Balaban J connectivity index is 1.92. The van der Waals surface area contributed by atoms with E-state index in [1.807, 2.05) is 6.07 Å². The molecule has 18 heavy (non-hydrogen) atoms. The van der Waals surface area contributed by atoms with Crippen LogP contribution in [-0.2, 0) is 21.4 Å². The third-order valence-corrected chi connectivity index (χ3v) is 4.13. The van der Waals surface area contributed by atoms with Crippen molar-refractivity contribution in [3.05, 3.63) is 29.3 Å². The predicted molar refractivity (Wildman–Crippen MR) is 71.2 cm³/mol. The van der Waals surface area contributed by atoms with Crippen LogP contribution in [0.5, 0.6) is 0 Å². The number of amides is 1. The molecule has 2 aliphatic heterocycles. The summed E-state index contributed by atoms with van der Waals surface area (Å²) in [7, 11) is 0. The number of benzene rings is 1. The van der Waals surface area contributed by atoms with Crippen LogP contribution in [0.1, 0.15) is 24.0 Å². The number of alkyl halides is 1. The van der Waals surface area contributed by atoms with Crippen molar-refractivity contribution in [2.24, 2.45) is 0 Å². The zero-order valence-corrected chi connectivity index (χ0v) is 10.9. The third-order valence-electron chi connectivity index (χ3n) is 3.94. The van der Waals surface area contributed by atoms with Gasteiger partial charge in [0.05, 0.1) is 13.2 Å². The Hall–Kier alpha value is -1.06. The van der Waals surface area contributed by atoms with Crippen molar-refractivity contribution in [2.75, 3.05) is 24.4 Å². The Kier molecular flexibility index (Phi) is 3.04. The van der Waals surface area contributed by atoms with Crippen molar-refractivity contribution in [3.63, 3.8) is 0 Å². The average molecular weight is 266 g/mol. The molecule has 1 aromatic rings. The average Bonchev–Trinajstić information content (AvgIpc) is 2.33. The smallest absolute Gasteiger partial charge is 0.224 e. The van der Waals surface area contributed by atoms with E-state index in [4.69, 9.17) is 16.3 Å². The van der Waals surface area contributed by atoms with Gasteiger partial charge in [0.15, 0.2) is 0 Å². The number of carbonyl (C=O) groups is 1. The quantitative estimate of drug-likeness (QED) is 0.853. The highest BCUT2D eigenvalue weighted by Gasteiger charge is 2.40. The fourth-order valence-electron chi connectivity index (χ4n) is 2.70. The van der Waals surface area contributed by atoms with Crippen LogP contribution >= 0.6 is 11.6 Å². The molecule has 2 aliphatic rings. The fraction of sp³-hybridized carbons (Fsp3) is 0.500. The van der Waals surface area contributed by atoms with Gasteiger partial charge in [0.1, 0.15) is 0 Å². The number of anilines is 1. The Morgan fingerprint density at radius 1 is 1.33 bits per heavy atom. The summed E-state index contributed by atoms with van der Waals surface area (Å²) in [4.78, 5) is 11.3. The van der Waals surface area contributed by atoms with Gasteiger partial charge in [-0.15, -0.1) is 11.6 Å². The molecular weight excluding hydrogens is 250 g/mol. The van der Waals surface area contributed by atoms with Gasteiger partial charge in [0, 0.05) is 23.4 Å². The number of hydrogen-bond acceptors (Lipinski definition) is 2. The van der Waals surface area contributed by atoms with E-state index >= 15 is 0 Å². The molecule has 96 valence electrons. The zero-order chi connectivity index (χ0) is 12.6. The molecule has 0 aromatic heterocycles. The van der Waals surface area contributed by atoms with Gasteiger partial charge in [0.25, 0.3) is 0 Å². The van der Waals surface area contributed by atoms with Crippen molar-refractivity contribution < 1.29 is 9.53 Å². The van der Waals surface area contributed by atoms with E-state index in [0.29, 0.717) is 12.3 Å². The van der Waals surface area contributed by atoms with Gasteiger partial charge in [-0.1, -0.05) is 12.1 Å². The van der Waals surface area contributed by atoms with Gasteiger partial charge in [-0.3, -0.25) is 4.79 Å². The summed E-state index contributed by atoms with van der Waals surface area (Å²) in [6.45, 7) is 1.51. The van der Waals surface area contributed by atoms with Crippen molar-refractivity contribution in [3.8, 4) is 0 Å². The van der Waals surface area contributed by atoms with Crippen LogP contribution < -0.4 is 5.32 Å². The number of nitrogens with one attached hydrogen (secondary N) is 1. The normalized spacial score (nSPS) is 20.8. The van der Waals surface area contributed by atoms with Crippen LogP contribution in [0.25, 0.3) is 0 Å². The minimum Gasteiger partial charge on any atom is -0.379 e. The molecule has 0 radical (unpaired) electrons. The number of hydrogen-bond donors (Lipinski definition) is 1. The molecule has 1 fully saturated rings. The summed E-state index contributed by atoms with van der Waals surface area (Å²) in [5.41, 5.74) is 3.58. The topological polar surface area (TPSA) is 38.3 Å². The second-order valence-electron chi connectivity index (χ2n) is 5.13. The largest absolute Gasteiger partial charge is 0.379 e. The van der Waals surface area contributed by atoms with Gasteiger partial charge < -0.3 is 10.1 Å². The zero-order valence-electron chi connectivity index (χ0n) is 10.2. The Morgan fingerprint density at radius 2 is 2.17 bits per heavy atom. The maximum absolute atomic E-state index is 11.3. The number of carbonyl (C=O) groups excluding carboxylic acids is 1. The van der Waals surface area contributed by atoms with Crippen LogP contribution in [-0.4, -0.2) is 25.0 Å². The highest BCUT2D eigenvalue weighted by molar-refractivity contribution is 6.17. The number of aryl methyl sites for hydroxylation is 1. The minimum absolute atomic E-state index is 0.0955. The Morgan fingerprint density at radius 3 is 2.83 bits per heavy atom. The Bertz CT molecular complexity index is 483. The molecular formula is C14H16ClNO2. The van der Waals surface area contributed by atoms with Crippen molar-refractivity contribution in [1.29, 1.82) is 0 Å². The highest BCUT2D eigenvalue weighted by Crippen LogP contribution is 2.38. The number of fused-ring (bicyclic) bond motifs is 1. The van der Waals surface area contributed by atoms with Gasteiger partial charge in [-0.05, 0) is 30.0 Å². The van der Waals surface area contributed by atoms with E-state index in [0.717, 1.165) is 31.7 Å². The molecule has 1 saturated heterocycles. The second-order valence-corrected chi connectivity index (χ2v) is 5.51. The van der Waals surface area contributed by atoms with Crippen LogP contribution in [0.3, 0.4) is 0 Å². The molecule has 0 unspecified atom stereocenters. The lowest BCUT2D eigenvalue weighted by atomic mass is 9.75. The summed E-state index contributed by atoms with van der Waals surface area (Å²) in [6.07, 6.45) is 2.35. The first-order valence-corrected chi connectivity index (χ1v) is 6.84. The lowest BCUT2D eigenvalue weighted by Crippen LogP contribution is -2.47. The number of ether oxygens (including phenoxy) is 1. The van der Waals surface area contributed by atoms with Gasteiger partial charge in [-0.25, -0.2) is 0 Å². The maximum atomic E-state index is 11.3. The molecule has 0 saturated carbocycles. The van der Waals surface area contributed by atoms with Crippen LogP contribution in [0.2, 0.25) is 0 Å². The number of rotatable bonds is 3. The predicted octanol–water partition coefficient (Wildman–Crippen LogP) is 2.47. The van der Waals surface area contributed by atoms with Gasteiger partial charge in [-0.2, -0.15) is 0 Å². The molecule has 3 nitrogen and oxygen atoms in total. The SMILES string of the molecule is O=C1CCc2cc(C3(CCCl)COC3)ccc2N1. The van der Waals surface area contributed by atoms with E-state index in [2.05, 4.69) is 17.4 Å². The van der Waals surface area contributed by atoms with Gasteiger partial charge >= 0.3 is 0 Å². The molecule has 1 N–H and O–H groups in total. The van der Waals surface area contributed by atoms with E-state index in [9.17, 15) is 4.79 Å². The second kappa shape index (κ2) is 4.56. The fourth-order valence-corrected chi connectivity index (χ4v) is 3.06. The van der Waals surface area contributed by atoms with E-state index in [-0.39, 0.29) is 11.3 Å². The standard InChI is InChI=1S/C14H16ClNO2/c15-6-5-14(8-18-9-14)11-2-3-12-10(7-11)1-4-13(17)16-12/h2-3,7H,1,4-6,8-9H2,(H,16,17). The molecule has 0 atom stereocenters. The van der Waals surface area contributed by atoms with Crippen LogP contribution in [0, 0.1) is 0 Å². The summed E-state index contributed by atoms with van der Waals surface area (Å²) in [5.74, 6) is 0.759. The molecule has 4 heteroatoms. The molecule has 0 spiro atoms. The summed E-state index contributed by atoms with van der Waals surface area (Å²) in [5, 5.41) is 2.91. The molecule has 0 aliphatic carbocycles. The molecule has 3 rings (SSSR count). The third kappa shape index (κ3) is 1.91. The lowest BCUT2D eigenvalue weighted by Gasteiger charge is -2.42. The lowest BCUT2D eigenvalue weighted by molar-refractivity contribution is -0.116. The Labute approximate surface area is 111 Å². The molecule has 1 amide bonds. The number of halogens is 1. The minimum atomic E-state index is 0.0955. The monoisotopic (exact) mass is 265 g/mol. The van der Waals surface area contributed by atoms with Crippen LogP contribution in [0.4, 0.5) is 5.69 Å². The first kappa shape index (κ1) is 12.0. The molecule has 0 bridgehead atoms. The molecule has 2 heterocycles. The van der Waals surface area contributed by atoms with Crippen molar-refractivity contribution in [1.82, 2.24) is 0 Å². The van der Waals surface area contributed by atoms with E-state index < -0.39 is 0 Å². The summed E-state index contributed by atoms with van der Waals surface area (Å²) < 4.78 is 5.38. The summed E-state index contributed by atoms with van der Waals surface area (Å²) in [6, 6.07) is 6.32. The first-order chi connectivity index (χ1) is 8.73. The summed E-state index contributed by atoms with van der Waals surface area (Å²) >= 11 is 5.90.